The van der Waals surface area contributed by atoms with E-state index in [0.29, 0.717) is 17.6 Å². The van der Waals surface area contributed by atoms with Gasteiger partial charge in [-0.1, -0.05) is 11.6 Å². The van der Waals surface area contributed by atoms with Crippen molar-refractivity contribution < 1.29 is 0 Å². The van der Waals surface area contributed by atoms with Gasteiger partial charge in [0, 0.05) is 37.9 Å². The zero-order chi connectivity index (χ0) is 13.4. The number of nitrogens with two attached hydrogens (primary N) is 1. The van der Waals surface area contributed by atoms with E-state index in [1.165, 1.54) is 19.3 Å². The van der Waals surface area contributed by atoms with E-state index in [1.807, 2.05) is 6.07 Å². The molecule has 5 heteroatoms. The van der Waals surface area contributed by atoms with Crippen LogP contribution in [-0.4, -0.2) is 42.1 Å². The molecule has 1 aromatic rings. The molecule has 0 radical (unpaired) electrons. The minimum atomic E-state index is 0.466. The van der Waals surface area contributed by atoms with Crippen LogP contribution in [0.1, 0.15) is 24.8 Å². The SMILES string of the molecule is CN1C2CCC1CN(c1cc(CN)c(Cl)cn1)CC2. The first-order valence-electron chi connectivity index (χ1n) is 7.00. The van der Waals surface area contributed by atoms with Crippen molar-refractivity contribution in [3.8, 4) is 0 Å². The van der Waals surface area contributed by atoms with Crippen LogP contribution in [0.15, 0.2) is 12.3 Å². The van der Waals surface area contributed by atoms with Crippen LogP contribution in [0, 0.1) is 0 Å². The lowest BCUT2D eigenvalue weighted by Gasteiger charge is -2.27. The first-order chi connectivity index (χ1) is 9.19. The lowest BCUT2D eigenvalue weighted by Crippen LogP contribution is -2.37. The summed E-state index contributed by atoms with van der Waals surface area (Å²) in [6.45, 7) is 2.60. The van der Waals surface area contributed by atoms with Crippen LogP contribution in [-0.2, 0) is 6.54 Å². The van der Waals surface area contributed by atoms with Gasteiger partial charge in [0.15, 0.2) is 0 Å². The maximum Gasteiger partial charge on any atom is 0.128 e. The van der Waals surface area contributed by atoms with E-state index >= 15 is 0 Å². The van der Waals surface area contributed by atoms with Crippen molar-refractivity contribution >= 4 is 17.4 Å². The normalized spacial score (nSPS) is 27.6. The van der Waals surface area contributed by atoms with Crippen LogP contribution < -0.4 is 10.6 Å². The molecule has 2 saturated heterocycles. The summed E-state index contributed by atoms with van der Waals surface area (Å²) in [5.74, 6) is 1.02. The summed E-state index contributed by atoms with van der Waals surface area (Å²) >= 11 is 6.08. The average molecular weight is 281 g/mol. The van der Waals surface area contributed by atoms with Gasteiger partial charge in [-0.15, -0.1) is 0 Å². The van der Waals surface area contributed by atoms with Crippen LogP contribution in [0.3, 0.4) is 0 Å². The highest BCUT2D eigenvalue weighted by atomic mass is 35.5. The molecule has 0 aromatic carbocycles. The molecule has 104 valence electrons. The fourth-order valence-corrected chi connectivity index (χ4v) is 3.49. The Hall–Kier alpha value is -0.840. The van der Waals surface area contributed by atoms with Crippen molar-refractivity contribution in [2.24, 2.45) is 5.73 Å². The van der Waals surface area contributed by atoms with Crippen molar-refractivity contribution in [3.63, 3.8) is 0 Å². The third kappa shape index (κ3) is 2.45. The molecule has 0 spiro atoms. The number of rotatable bonds is 2. The number of likely N-dealkylation sites (N-methyl/N-ethyl adjacent to an activating group) is 1. The maximum atomic E-state index is 6.08. The molecule has 0 aliphatic carbocycles. The summed E-state index contributed by atoms with van der Waals surface area (Å²) in [5, 5.41) is 0.666. The summed E-state index contributed by atoms with van der Waals surface area (Å²) < 4.78 is 0. The Kier molecular flexibility index (Phi) is 3.65. The highest BCUT2D eigenvalue weighted by molar-refractivity contribution is 6.31. The van der Waals surface area contributed by atoms with Crippen LogP contribution >= 0.6 is 11.6 Å². The number of fused-ring (bicyclic) bond motifs is 2. The third-order valence-electron chi connectivity index (χ3n) is 4.61. The molecular weight excluding hydrogens is 260 g/mol. The molecule has 0 saturated carbocycles. The topological polar surface area (TPSA) is 45.4 Å². The molecule has 3 heterocycles. The maximum absolute atomic E-state index is 6.08. The molecule has 3 rings (SSSR count). The molecule has 0 amide bonds. The van der Waals surface area contributed by atoms with Gasteiger partial charge in [-0.25, -0.2) is 4.98 Å². The second-order valence-corrected chi connectivity index (χ2v) is 6.03. The quantitative estimate of drug-likeness (QED) is 0.898. The highest BCUT2D eigenvalue weighted by Crippen LogP contribution is 2.30. The largest absolute Gasteiger partial charge is 0.355 e. The number of halogens is 1. The van der Waals surface area contributed by atoms with Crippen LogP contribution in [0.4, 0.5) is 5.82 Å². The third-order valence-corrected chi connectivity index (χ3v) is 4.95. The van der Waals surface area contributed by atoms with E-state index in [0.717, 1.165) is 30.5 Å². The number of pyridine rings is 1. The zero-order valence-corrected chi connectivity index (χ0v) is 12.1. The van der Waals surface area contributed by atoms with Gasteiger partial charge < -0.3 is 10.6 Å². The fourth-order valence-electron chi connectivity index (χ4n) is 3.31. The Morgan fingerprint density at radius 1 is 1.37 bits per heavy atom. The van der Waals surface area contributed by atoms with Crippen LogP contribution in [0.25, 0.3) is 0 Å². The van der Waals surface area contributed by atoms with E-state index in [2.05, 4.69) is 21.8 Å². The second kappa shape index (κ2) is 5.27. The molecular formula is C14H21ClN4. The molecule has 2 N–H and O–H groups in total. The summed E-state index contributed by atoms with van der Waals surface area (Å²) in [6.07, 6.45) is 5.59. The van der Waals surface area contributed by atoms with Crippen molar-refractivity contribution in [1.82, 2.24) is 9.88 Å². The summed E-state index contributed by atoms with van der Waals surface area (Å²) in [4.78, 5) is 9.41. The first-order valence-corrected chi connectivity index (χ1v) is 7.38. The van der Waals surface area contributed by atoms with E-state index in [4.69, 9.17) is 17.3 Å². The van der Waals surface area contributed by atoms with Gasteiger partial charge in [0.05, 0.1) is 5.02 Å². The lowest BCUT2D eigenvalue weighted by atomic mass is 10.1. The summed E-state index contributed by atoms with van der Waals surface area (Å²) in [6, 6.07) is 3.45. The lowest BCUT2D eigenvalue weighted by molar-refractivity contribution is 0.254. The predicted octanol–water partition coefficient (Wildman–Crippen LogP) is 1.87. The molecule has 1 aromatic heterocycles. The van der Waals surface area contributed by atoms with Gasteiger partial charge in [-0.05, 0) is 37.9 Å². The molecule has 2 aliphatic rings. The first kappa shape index (κ1) is 13.2. The number of hydrogen-bond acceptors (Lipinski definition) is 4. The molecule has 19 heavy (non-hydrogen) atoms. The minimum Gasteiger partial charge on any atom is -0.355 e. The Labute approximate surface area is 119 Å². The number of anilines is 1. The van der Waals surface area contributed by atoms with E-state index in [9.17, 15) is 0 Å². The van der Waals surface area contributed by atoms with E-state index < -0.39 is 0 Å². The Morgan fingerprint density at radius 2 is 2.16 bits per heavy atom. The molecule has 2 unspecified atom stereocenters. The van der Waals surface area contributed by atoms with Gasteiger partial charge >= 0.3 is 0 Å². The molecule has 2 bridgehead atoms. The van der Waals surface area contributed by atoms with Crippen molar-refractivity contribution in [2.45, 2.75) is 37.9 Å². The van der Waals surface area contributed by atoms with Gasteiger partial charge in [-0.2, -0.15) is 0 Å². The van der Waals surface area contributed by atoms with Crippen molar-refractivity contribution in [3.05, 3.63) is 22.8 Å². The zero-order valence-electron chi connectivity index (χ0n) is 11.3. The van der Waals surface area contributed by atoms with Gasteiger partial charge in [-0.3, -0.25) is 4.90 Å². The van der Waals surface area contributed by atoms with Gasteiger partial charge in [0.25, 0.3) is 0 Å². The van der Waals surface area contributed by atoms with Gasteiger partial charge in [0.1, 0.15) is 5.82 Å². The molecule has 2 aliphatic heterocycles. The van der Waals surface area contributed by atoms with Crippen LogP contribution in [0.2, 0.25) is 5.02 Å². The smallest absolute Gasteiger partial charge is 0.128 e. The minimum absolute atomic E-state index is 0.466. The molecule has 4 nitrogen and oxygen atoms in total. The Balaban J connectivity index is 1.82. The molecule has 2 fully saturated rings. The van der Waals surface area contributed by atoms with Crippen molar-refractivity contribution in [2.75, 3.05) is 25.0 Å². The fraction of sp³-hybridized carbons (Fsp3) is 0.643. The standard InChI is InChI=1S/C14H21ClN4/c1-18-11-2-3-12(18)9-19(5-4-11)14-6-10(7-16)13(15)8-17-14/h6,8,11-12H,2-5,7,9,16H2,1H3. The van der Waals surface area contributed by atoms with E-state index in [-0.39, 0.29) is 0 Å². The number of hydrogen-bond donors (Lipinski definition) is 1. The Bertz CT molecular complexity index is 465. The van der Waals surface area contributed by atoms with Crippen molar-refractivity contribution in [1.29, 1.82) is 0 Å². The predicted molar refractivity (Wildman–Crippen MR) is 78.5 cm³/mol. The molecule has 2 atom stereocenters. The monoisotopic (exact) mass is 280 g/mol. The van der Waals surface area contributed by atoms with Crippen LogP contribution in [0.5, 0.6) is 0 Å². The second-order valence-electron chi connectivity index (χ2n) is 5.62. The number of aromatic nitrogens is 1. The average Bonchev–Trinajstić information content (AvgIpc) is 2.64. The summed E-state index contributed by atoms with van der Waals surface area (Å²) in [7, 11) is 2.26. The van der Waals surface area contributed by atoms with Gasteiger partial charge in [0.2, 0.25) is 0 Å². The Morgan fingerprint density at radius 3 is 2.95 bits per heavy atom. The highest BCUT2D eigenvalue weighted by Gasteiger charge is 2.34. The summed E-state index contributed by atoms with van der Waals surface area (Å²) in [5.41, 5.74) is 6.70. The van der Waals surface area contributed by atoms with E-state index in [1.54, 1.807) is 6.20 Å². The number of nitrogens with zero attached hydrogens (tertiary/aromatic N) is 3.